The Morgan fingerprint density at radius 1 is 1.44 bits per heavy atom. The summed E-state index contributed by atoms with van der Waals surface area (Å²) < 4.78 is 16.6. The zero-order valence-corrected chi connectivity index (χ0v) is 16.3. The standard InChI is InChI=1S/C21H28N2O4/c1-15(2)8-10-27-19-7-6-16(12-20(19)25-3)11-17(13-22)21(24)23-14-18-5-4-9-26-18/h6-7,11-12,15,18H,4-5,8-10,14H2,1-3H3,(H,23,24)/b17-11+/t18-/m1/s1. The van der Waals surface area contributed by atoms with Crippen LogP contribution in [0.3, 0.4) is 0 Å². The predicted molar refractivity (Wildman–Crippen MR) is 104 cm³/mol. The lowest BCUT2D eigenvalue weighted by Crippen LogP contribution is -2.32. The molecule has 1 amide bonds. The van der Waals surface area contributed by atoms with Gasteiger partial charge in [0, 0.05) is 13.2 Å². The number of nitrogens with one attached hydrogen (secondary N) is 1. The van der Waals surface area contributed by atoms with Crippen LogP contribution in [0.2, 0.25) is 0 Å². The smallest absolute Gasteiger partial charge is 0.262 e. The van der Waals surface area contributed by atoms with Gasteiger partial charge in [-0.15, -0.1) is 0 Å². The molecule has 1 aromatic carbocycles. The summed E-state index contributed by atoms with van der Waals surface area (Å²) in [6, 6.07) is 7.32. The first kappa shape index (κ1) is 20.8. The number of methoxy groups -OCH3 is 1. The summed E-state index contributed by atoms with van der Waals surface area (Å²) in [5.74, 6) is 1.38. The van der Waals surface area contributed by atoms with Crippen LogP contribution in [0.4, 0.5) is 0 Å². The molecule has 1 atom stereocenters. The van der Waals surface area contributed by atoms with Crippen molar-refractivity contribution in [3.63, 3.8) is 0 Å². The van der Waals surface area contributed by atoms with Gasteiger partial charge in [-0.05, 0) is 49.0 Å². The normalized spacial score (nSPS) is 16.9. The Balaban J connectivity index is 2.03. The van der Waals surface area contributed by atoms with Crippen LogP contribution in [-0.2, 0) is 9.53 Å². The number of hydrogen-bond donors (Lipinski definition) is 1. The molecule has 6 heteroatoms. The van der Waals surface area contributed by atoms with Gasteiger partial charge in [-0.3, -0.25) is 4.79 Å². The van der Waals surface area contributed by atoms with E-state index in [1.165, 1.54) is 0 Å². The Hall–Kier alpha value is -2.52. The van der Waals surface area contributed by atoms with Crippen LogP contribution in [-0.4, -0.2) is 38.9 Å². The zero-order chi connectivity index (χ0) is 19.6. The molecule has 0 saturated carbocycles. The van der Waals surface area contributed by atoms with Crippen LogP contribution >= 0.6 is 0 Å². The first-order chi connectivity index (χ1) is 13.0. The maximum Gasteiger partial charge on any atom is 0.262 e. The van der Waals surface area contributed by atoms with E-state index >= 15 is 0 Å². The predicted octanol–water partition coefficient (Wildman–Crippen LogP) is 3.32. The van der Waals surface area contributed by atoms with Gasteiger partial charge in [-0.2, -0.15) is 5.26 Å². The first-order valence-electron chi connectivity index (χ1n) is 9.36. The highest BCUT2D eigenvalue weighted by Gasteiger charge is 2.17. The van der Waals surface area contributed by atoms with Crippen LogP contribution in [0.1, 0.15) is 38.7 Å². The van der Waals surface area contributed by atoms with Gasteiger partial charge in [-0.1, -0.05) is 19.9 Å². The second kappa shape index (κ2) is 10.6. The number of nitrogens with zero attached hydrogens (tertiary/aromatic N) is 1. The molecule has 0 spiro atoms. The van der Waals surface area contributed by atoms with Crippen molar-refractivity contribution in [2.45, 2.75) is 39.2 Å². The van der Waals surface area contributed by atoms with Crippen LogP contribution in [0.5, 0.6) is 11.5 Å². The number of hydrogen-bond acceptors (Lipinski definition) is 5. The molecule has 0 aromatic heterocycles. The molecule has 1 aromatic rings. The second-order valence-electron chi connectivity index (χ2n) is 6.96. The van der Waals surface area contributed by atoms with Crippen LogP contribution in [0.15, 0.2) is 23.8 Å². The van der Waals surface area contributed by atoms with Crippen molar-refractivity contribution in [1.29, 1.82) is 5.26 Å². The topological polar surface area (TPSA) is 80.6 Å². The lowest BCUT2D eigenvalue weighted by molar-refractivity contribution is -0.117. The minimum Gasteiger partial charge on any atom is -0.493 e. The molecule has 0 radical (unpaired) electrons. The number of nitriles is 1. The van der Waals surface area contributed by atoms with Crippen molar-refractivity contribution < 1.29 is 19.0 Å². The van der Waals surface area contributed by atoms with E-state index in [9.17, 15) is 10.1 Å². The monoisotopic (exact) mass is 372 g/mol. The van der Waals surface area contributed by atoms with Crippen molar-refractivity contribution in [3.05, 3.63) is 29.3 Å². The number of carbonyl (C=O) groups is 1. The highest BCUT2D eigenvalue weighted by atomic mass is 16.5. The molecule has 1 aliphatic rings. The van der Waals surface area contributed by atoms with Gasteiger partial charge in [0.05, 0.1) is 19.8 Å². The molecule has 1 aliphatic heterocycles. The largest absolute Gasteiger partial charge is 0.493 e. The molecule has 1 heterocycles. The van der Waals surface area contributed by atoms with Gasteiger partial charge in [0.1, 0.15) is 11.6 Å². The maximum atomic E-state index is 12.2. The molecule has 1 N–H and O–H groups in total. The zero-order valence-electron chi connectivity index (χ0n) is 16.3. The average Bonchev–Trinajstić information content (AvgIpc) is 3.18. The Labute approximate surface area is 161 Å². The number of amides is 1. The fourth-order valence-electron chi connectivity index (χ4n) is 2.72. The van der Waals surface area contributed by atoms with Gasteiger partial charge in [0.15, 0.2) is 11.5 Å². The van der Waals surface area contributed by atoms with E-state index in [1.54, 1.807) is 31.4 Å². The summed E-state index contributed by atoms with van der Waals surface area (Å²) in [6.07, 6.45) is 4.48. The maximum absolute atomic E-state index is 12.2. The number of benzene rings is 1. The molecule has 1 saturated heterocycles. The lowest BCUT2D eigenvalue weighted by atomic mass is 10.1. The van der Waals surface area contributed by atoms with E-state index in [4.69, 9.17) is 14.2 Å². The van der Waals surface area contributed by atoms with Gasteiger partial charge in [0.25, 0.3) is 5.91 Å². The van der Waals surface area contributed by atoms with Crippen molar-refractivity contribution in [2.24, 2.45) is 5.92 Å². The number of ether oxygens (including phenoxy) is 3. The molecule has 27 heavy (non-hydrogen) atoms. The molecule has 0 aliphatic carbocycles. The van der Waals surface area contributed by atoms with Gasteiger partial charge in [-0.25, -0.2) is 0 Å². The molecule has 1 fully saturated rings. The summed E-state index contributed by atoms with van der Waals surface area (Å²) >= 11 is 0. The number of carbonyl (C=O) groups excluding carboxylic acids is 1. The molecule has 0 bridgehead atoms. The van der Waals surface area contributed by atoms with E-state index in [0.29, 0.717) is 36.1 Å². The second-order valence-corrected chi connectivity index (χ2v) is 6.96. The summed E-state index contributed by atoms with van der Waals surface area (Å²) in [4.78, 5) is 12.2. The van der Waals surface area contributed by atoms with Gasteiger partial charge >= 0.3 is 0 Å². The van der Waals surface area contributed by atoms with Gasteiger partial charge in [0.2, 0.25) is 0 Å². The van der Waals surface area contributed by atoms with Crippen LogP contribution in [0, 0.1) is 17.2 Å². The minimum atomic E-state index is -0.399. The fourth-order valence-corrected chi connectivity index (χ4v) is 2.72. The van der Waals surface area contributed by atoms with Gasteiger partial charge < -0.3 is 19.5 Å². The van der Waals surface area contributed by atoms with E-state index in [1.807, 2.05) is 6.07 Å². The minimum absolute atomic E-state index is 0.0382. The average molecular weight is 372 g/mol. The molecular weight excluding hydrogens is 344 g/mol. The van der Waals surface area contributed by atoms with Crippen molar-refractivity contribution in [3.8, 4) is 17.6 Å². The Morgan fingerprint density at radius 3 is 2.89 bits per heavy atom. The molecule has 6 nitrogen and oxygen atoms in total. The molecule has 0 unspecified atom stereocenters. The van der Waals surface area contributed by atoms with E-state index in [-0.39, 0.29) is 11.7 Å². The van der Waals surface area contributed by atoms with Crippen molar-refractivity contribution in [2.75, 3.05) is 26.9 Å². The Kier molecular flexibility index (Phi) is 8.15. The third-order valence-electron chi connectivity index (χ3n) is 4.33. The van der Waals surface area contributed by atoms with Crippen molar-refractivity contribution in [1.82, 2.24) is 5.32 Å². The summed E-state index contributed by atoms with van der Waals surface area (Å²) in [6.45, 7) is 6.04. The van der Waals surface area contributed by atoms with Crippen LogP contribution in [0.25, 0.3) is 6.08 Å². The van der Waals surface area contributed by atoms with E-state index in [2.05, 4.69) is 19.2 Å². The van der Waals surface area contributed by atoms with Crippen molar-refractivity contribution >= 4 is 12.0 Å². The number of rotatable bonds is 9. The summed E-state index contributed by atoms with van der Waals surface area (Å²) in [7, 11) is 1.57. The summed E-state index contributed by atoms with van der Waals surface area (Å²) in [5.41, 5.74) is 0.746. The van der Waals surface area contributed by atoms with E-state index < -0.39 is 5.91 Å². The molecular formula is C21H28N2O4. The van der Waals surface area contributed by atoms with Crippen LogP contribution < -0.4 is 14.8 Å². The highest BCUT2D eigenvalue weighted by Crippen LogP contribution is 2.29. The quantitative estimate of drug-likeness (QED) is 0.531. The Bertz CT molecular complexity index is 701. The Morgan fingerprint density at radius 2 is 2.26 bits per heavy atom. The third kappa shape index (κ3) is 6.61. The van der Waals surface area contributed by atoms with E-state index in [0.717, 1.165) is 25.9 Å². The lowest BCUT2D eigenvalue weighted by Gasteiger charge is -2.12. The third-order valence-corrected chi connectivity index (χ3v) is 4.33. The summed E-state index contributed by atoms with van der Waals surface area (Å²) in [5, 5.41) is 12.1. The SMILES string of the molecule is COc1cc(/C=C(\C#N)C(=O)NC[C@H]2CCCO2)ccc1OCCC(C)C. The first-order valence-corrected chi connectivity index (χ1v) is 9.36. The molecule has 2 rings (SSSR count). The fraction of sp³-hybridized carbons (Fsp3) is 0.524. The molecule has 146 valence electrons. The highest BCUT2D eigenvalue weighted by molar-refractivity contribution is 6.01.